The van der Waals surface area contributed by atoms with Crippen molar-refractivity contribution >= 4 is 43.2 Å². The molecular formula is C12H12BrClN2O3S. The lowest BCUT2D eigenvalue weighted by Gasteiger charge is -2.09. The van der Waals surface area contributed by atoms with Gasteiger partial charge in [-0.3, -0.25) is 4.72 Å². The van der Waals surface area contributed by atoms with Gasteiger partial charge in [-0.05, 0) is 41.1 Å². The fourth-order valence-corrected chi connectivity index (χ4v) is 3.86. The predicted octanol–water partition coefficient (Wildman–Crippen LogP) is 3.26. The lowest BCUT2D eigenvalue weighted by molar-refractivity contribution is 0.479. The first-order chi connectivity index (χ1) is 9.33. The maximum absolute atomic E-state index is 12.3. The molecule has 0 fully saturated rings. The third-order valence-corrected chi connectivity index (χ3v) is 4.95. The maximum atomic E-state index is 12.3. The Labute approximate surface area is 130 Å². The molecule has 0 aliphatic rings. The number of anilines is 1. The largest absolute Gasteiger partial charge is 0.464 e. The minimum Gasteiger partial charge on any atom is -0.464 e. The van der Waals surface area contributed by atoms with Crippen LogP contribution in [0.4, 0.5) is 5.69 Å². The molecule has 0 aliphatic carbocycles. The summed E-state index contributed by atoms with van der Waals surface area (Å²) >= 11 is 9.07. The van der Waals surface area contributed by atoms with E-state index in [0.717, 1.165) is 0 Å². The standard InChI is InChI=1S/C12H12BrClN2O3S/c1-7-12(5-9(6-15)19-7)20(17,18)16-11-3-2-8(14)4-10(11)13/h2-5,16H,6,15H2,1H3. The van der Waals surface area contributed by atoms with Gasteiger partial charge in [-0.2, -0.15) is 0 Å². The highest BCUT2D eigenvalue weighted by Gasteiger charge is 2.22. The van der Waals surface area contributed by atoms with Gasteiger partial charge in [0.2, 0.25) is 0 Å². The molecule has 0 atom stereocenters. The van der Waals surface area contributed by atoms with Gasteiger partial charge in [-0.1, -0.05) is 11.6 Å². The molecule has 0 radical (unpaired) electrons. The van der Waals surface area contributed by atoms with Gasteiger partial charge in [0.1, 0.15) is 16.4 Å². The van der Waals surface area contributed by atoms with E-state index in [9.17, 15) is 8.42 Å². The molecule has 108 valence electrons. The van der Waals surface area contributed by atoms with E-state index in [1.165, 1.54) is 6.07 Å². The lowest BCUT2D eigenvalue weighted by Crippen LogP contribution is -2.13. The average Bonchev–Trinajstić information content (AvgIpc) is 2.75. The van der Waals surface area contributed by atoms with E-state index in [0.29, 0.717) is 26.7 Å². The molecule has 0 aliphatic heterocycles. The SMILES string of the molecule is Cc1oc(CN)cc1S(=O)(=O)Nc1ccc(Cl)cc1Br. The number of hydrogen-bond acceptors (Lipinski definition) is 4. The Morgan fingerprint density at radius 1 is 1.40 bits per heavy atom. The molecule has 2 rings (SSSR count). The molecule has 0 bridgehead atoms. The second-order valence-electron chi connectivity index (χ2n) is 4.07. The monoisotopic (exact) mass is 378 g/mol. The number of nitrogens with two attached hydrogens (primary N) is 1. The molecule has 1 aromatic heterocycles. The zero-order chi connectivity index (χ0) is 14.9. The van der Waals surface area contributed by atoms with Crippen molar-refractivity contribution in [2.75, 3.05) is 4.72 Å². The van der Waals surface area contributed by atoms with Crippen LogP contribution >= 0.6 is 27.5 Å². The topological polar surface area (TPSA) is 85.3 Å². The highest BCUT2D eigenvalue weighted by atomic mass is 79.9. The number of aryl methyl sites for hydroxylation is 1. The van der Waals surface area contributed by atoms with Crippen LogP contribution in [0.15, 0.2) is 38.1 Å². The van der Waals surface area contributed by atoms with E-state index in [1.54, 1.807) is 25.1 Å². The fourth-order valence-electron chi connectivity index (χ4n) is 1.66. The van der Waals surface area contributed by atoms with Crippen molar-refractivity contribution in [2.45, 2.75) is 18.4 Å². The minimum atomic E-state index is -3.74. The Morgan fingerprint density at radius 3 is 2.65 bits per heavy atom. The van der Waals surface area contributed by atoms with Crippen molar-refractivity contribution in [3.8, 4) is 0 Å². The predicted molar refractivity (Wildman–Crippen MR) is 81.3 cm³/mol. The quantitative estimate of drug-likeness (QED) is 0.854. The first kappa shape index (κ1) is 15.4. The second-order valence-corrected chi connectivity index (χ2v) is 7.01. The van der Waals surface area contributed by atoms with Crippen LogP contribution in [0.2, 0.25) is 5.02 Å². The molecular weight excluding hydrogens is 368 g/mol. The van der Waals surface area contributed by atoms with Crippen molar-refractivity contribution in [1.82, 2.24) is 0 Å². The van der Waals surface area contributed by atoms with Gasteiger partial charge in [-0.25, -0.2) is 8.42 Å². The van der Waals surface area contributed by atoms with Crippen LogP contribution in [0.25, 0.3) is 0 Å². The van der Waals surface area contributed by atoms with Gasteiger partial charge in [-0.15, -0.1) is 0 Å². The molecule has 0 amide bonds. The second kappa shape index (κ2) is 5.77. The summed E-state index contributed by atoms with van der Waals surface area (Å²) in [5, 5.41) is 0.504. The molecule has 0 saturated heterocycles. The maximum Gasteiger partial charge on any atom is 0.265 e. The molecule has 1 heterocycles. The molecule has 0 saturated carbocycles. The molecule has 0 unspecified atom stereocenters. The molecule has 5 nitrogen and oxygen atoms in total. The number of hydrogen-bond donors (Lipinski definition) is 2. The van der Waals surface area contributed by atoms with E-state index in [-0.39, 0.29) is 11.4 Å². The van der Waals surface area contributed by atoms with Crippen molar-refractivity contribution in [3.63, 3.8) is 0 Å². The summed E-state index contributed by atoms with van der Waals surface area (Å²) in [7, 11) is -3.74. The van der Waals surface area contributed by atoms with Crippen LogP contribution in [-0.4, -0.2) is 8.42 Å². The van der Waals surface area contributed by atoms with Gasteiger partial charge in [0.05, 0.1) is 12.2 Å². The van der Waals surface area contributed by atoms with Crippen molar-refractivity contribution < 1.29 is 12.8 Å². The Hall–Kier alpha value is -1.02. The summed E-state index contributed by atoms with van der Waals surface area (Å²) in [6.45, 7) is 1.71. The zero-order valence-electron chi connectivity index (χ0n) is 10.5. The van der Waals surface area contributed by atoms with Crippen LogP contribution < -0.4 is 10.5 Å². The van der Waals surface area contributed by atoms with Crippen molar-refractivity contribution in [1.29, 1.82) is 0 Å². The summed E-state index contributed by atoms with van der Waals surface area (Å²) in [5.74, 6) is 0.709. The average molecular weight is 380 g/mol. The third kappa shape index (κ3) is 3.17. The van der Waals surface area contributed by atoms with Crippen LogP contribution in [0.5, 0.6) is 0 Å². The zero-order valence-corrected chi connectivity index (χ0v) is 13.6. The molecule has 2 aromatic rings. The van der Waals surface area contributed by atoms with Gasteiger partial charge in [0.15, 0.2) is 0 Å². The van der Waals surface area contributed by atoms with Crippen LogP contribution in [-0.2, 0) is 16.6 Å². The number of rotatable bonds is 4. The van der Waals surface area contributed by atoms with E-state index < -0.39 is 10.0 Å². The summed E-state index contributed by atoms with van der Waals surface area (Å²) in [4.78, 5) is 0.0693. The summed E-state index contributed by atoms with van der Waals surface area (Å²) < 4.78 is 32.9. The summed E-state index contributed by atoms with van der Waals surface area (Å²) in [5.41, 5.74) is 5.83. The Bertz CT molecular complexity index is 743. The van der Waals surface area contributed by atoms with Gasteiger partial charge >= 0.3 is 0 Å². The van der Waals surface area contributed by atoms with E-state index in [1.807, 2.05) is 0 Å². The van der Waals surface area contributed by atoms with Crippen molar-refractivity contribution in [3.05, 3.63) is 45.3 Å². The Morgan fingerprint density at radius 2 is 2.10 bits per heavy atom. The van der Waals surface area contributed by atoms with E-state index in [4.69, 9.17) is 21.8 Å². The highest BCUT2D eigenvalue weighted by molar-refractivity contribution is 9.10. The first-order valence-corrected chi connectivity index (χ1v) is 8.26. The Balaban J connectivity index is 2.38. The van der Waals surface area contributed by atoms with Crippen LogP contribution in [0, 0.1) is 6.92 Å². The van der Waals surface area contributed by atoms with Crippen LogP contribution in [0.3, 0.4) is 0 Å². The third-order valence-electron chi connectivity index (χ3n) is 2.59. The smallest absolute Gasteiger partial charge is 0.265 e. The minimum absolute atomic E-state index is 0.0693. The summed E-state index contributed by atoms with van der Waals surface area (Å²) in [6.07, 6.45) is 0. The molecule has 20 heavy (non-hydrogen) atoms. The molecule has 1 aromatic carbocycles. The molecule has 0 spiro atoms. The van der Waals surface area contributed by atoms with Crippen molar-refractivity contribution in [2.24, 2.45) is 5.73 Å². The fraction of sp³-hybridized carbons (Fsp3) is 0.167. The molecule has 8 heteroatoms. The van der Waals surface area contributed by atoms with E-state index >= 15 is 0 Å². The number of furan rings is 1. The van der Waals surface area contributed by atoms with Gasteiger partial charge in [0, 0.05) is 15.6 Å². The van der Waals surface area contributed by atoms with Crippen LogP contribution in [0.1, 0.15) is 11.5 Å². The van der Waals surface area contributed by atoms with E-state index in [2.05, 4.69) is 20.7 Å². The number of nitrogens with one attached hydrogen (secondary N) is 1. The van der Waals surface area contributed by atoms with Gasteiger partial charge in [0.25, 0.3) is 10.0 Å². The Kier molecular flexibility index (Phi) is 4.43. The lowest BCUT2D eigenvalue weighted by atomic mass is 10.3. The number of benzene rings is 1. The normalized spacial score (nSPS) is 11.6. The first-order valence-electron chi connectivity index (χ1n) is 5.60. The summed E-state index contributed by atoms with van der Waals surface area (Å²) in [6, 6.07) is 6.19. The number of halogens is 2. The highest BCUT2D eigenvalue weighted by Crippen LogP contribution is 2.29. The number of sulfonamides is 1. The van der Waals surface area contributed by atoms with Gasteiger partial charge < -0.3 is 10.2 Å². The molecule has 3 N–H and O–H groups in total.